The number of benzene rings is 1. The molecule has 1 saturated carbocycles. The maximum atomic E-state index is 6.43. The smallest absolute Gasteiger partial charge is 0.203 e. The van der Waals surface area contributed by atoms with Crippen LogP contribution in [0.3, 0.4) is 0 Å². The molecule has 0 radical (unpaired) electrons. The summed E-state index contributed by atoms with van der Waals surface area (Å²) in [6.45, 7) is 0. The Bertz CT molecular complexity index is 495. The average Bonchev–Trinajstić information content (AvgIpc) is 2.92. The van der Waals surface area contributed by atoms with E-state index >= 15 is 0 Å². The molecule has 1 atom stereocenters. The fourth-order valence-corrected chi connectivity index (χ4v) is 3.62. The highest BCUT2D eigenvalue weighted by Gasteiger charge is 2.44. The number of hydrogen-bond donors (Lipinski definition) is 1. The van der Waals surface area contributed by atoms with E-state index in [1.807, 2.05) is 13.1 Å². The molecule has 1 spiro atoms. The predicted octanol–water partition coefficient (Wildman–Crippen LogP) is 3.06. The summed E-state index contributed by atoms with van der Waals surface area (Å²) in [4.78, 5) is 0. The van der Waals surface area contributed by atoms with Gasteiger partial charge in [-0.05, 0) is 44.9 Å². The summed E-state index contributed by atoms with van der Waals surface area (Å²) in [5.41, 5.74) is 1.14. The summed E-state index contributed by atoms with van der Waals surface area (Å²) < 4.78 is 17.4. The minimum atomic E-state index is -0.0275. The molecule has 1 aromatic carbocycles. The van der Waals surface area contributed by atoms with Crippen molar-refractivity contribution < 1.29 is 14.2 Å². The van der Waals surface area contributed by atoms with E-state index in [0.29, 0.717) is 6.04 Å². The van der Waals surface area contributed by atoms with Gasteiger partial charge < -0.3 is 19.5 Å². The van der Waals surface area contributed by atoms with Gasteiger partial charge in [0.25, 0.3) is 0 Å². The van der Waals surface area contributed by atoms with Crippen molar-refractivity contribution in [1.29, 1.82) is 0 Å². The predicted molar refractivity (Wildman–Crippen MR) is 77.8 cm³/mol. The molecular formula is C16H23NO3. The van der Waals surface area contributed by atoms with Gasteiger partial charge in [-0.15, -0.1) is 0 Å². The van der Waals surface area contributed by atoms with Gasteiger partial charge in [-0.1, -0.05) is 0 Å². The van der Waals surface area contributed by atoms with E-state index in [4.69, 9.17) is 14.2 Å². The molecule has 4 heteroatoms. The van der Waals surface area contributed by atoms with E-state index in [1.165, 1.54) is 18.4 Å². The molecule has 110 valence electrons. The Kier molecular flexibility index (Phi) is 3.50. The van der Waals surface area contributed by atoms with E-state index in [0.717, 1.165) is 36.5 Å². The van der Waals surface area contributed by atoms with E-state index in [1.54, 1.807) is 14.2 Å². The van der Waals surface area contributed by atoms with Gasteiger partial charge in [0, 0.05) is 18.0 Å². The quantitative estimate of drug-likeness (QED) is 0.921. The lowest BCUT2D eigenvalue weighted by atomic mass is 9.85. The van der Waals surface area contributed by atoms with Gasteiger partial charge in [-0.2, -0.15) is 0 Å². The standard InChI is InChI=1S/C16H23NO3/c1-17-12-10-16(8-4-5-9-16)20-14-11(12)6-7-13(18-2)15(14)19-3/h6-7,12,17H,4-5,8-10H2,1-3H3. The zero-order chi connectivity index (χ0) is 14.2. The van der Waals surface area contributed by atoms with Crippen molar-refractivity contribution in [2.75, 3.05) is 21.3 Å². The van der Waals surface area contributed by atoms with Crippen LogP contribution in [-0.4, -0.2) is 26.9 Å². The molecule has 0 saturated heterocycles. The Morgan fingerprint density at radius 2 is 1.95 bits per heavy atom. The molecule has 1 heterocycles. The molecule has 0 bridgehead atoms. The lowest BCUT2D eigenvalue weighted by Crippen LogP contribution is -2.41. The molecule has 1 fully saturated rings. The summed E-state index contributed by atoms with van der Waals surface area (Å²) >= 11 is 0. The molecule has 4 nitrogen and oxygen atoms in total. The number of hydrogen-bond acceptors (Lipinski definition) is 4. The second kappa shape index (κ2) is 5.17. The van der Waals surface area contributed by atoms with Crippen LogP contribution in [0.25, 0.3) is 0 Å². The Labute approximate surface area is 120 Å². The number of ether oxygens (including phenoxy) is 3. The number of methoxy groups -OCH3 is 2. The lowest BCUT2D eigenvalue weighted by molar-refractivity contribution is 0.0344. The van der Waals surface area contributed by atoms with E-state index in [-0.39, 0.29) is 5.60 Å². The molecule has 1 aliphatic heterocycles. The molecule has 0 aromatic heterocycles. The third-order valence-electron chi connectivity index (χ3n) is 4.66. The summed E-state index contributed by atoms with van der Waals surface area (Å²) in [6, 6.07) is 4.36. The van der Waals surface area contributed by atoms with Crippen LogP contribution in [0.15, 0.2) is 12.1 Å². The Hall–Kier alpha value is -1.42. The molecule has 1 aliphatic carbocycles. The van der Waals surface area contributed by atoms with Gasteiger partial charge in [-0.25, -0.2) is 0 Å². The average molecular weight is 277 g/mol. The van der Waals surface area contributed by atoms with Gasteiger partial charge in [0.2, 0.25) is 5.75 Å². The van der Waals surface area contributed by atoms with Gasteiger partial charge in [0.15, 0.2) is 11.5 Å². The first-order chi connectivity index (χ1) is 9.73. The molecule has 1 N–H and O–H groups in total. The zero-order valence-corrected chi connectivity index (χ0v) is 12.5. The van der Waals surface area contributed by atoms with Crippen LogP contribution in [0.5, 0.6) is 17.2 Å². The third-order valence-corrected chi connectivity index (χ3v) is 4.66. The van der Waals surface area contributed by atoms with Crippen molar-refractivity contribution in [3.8, 4) is 17.2 Å². The second-order valence-electron chi connectivity index (χ2n) is 5.76. The molecule has 1 unspecified atom stereocenters. The lowest BCUT2D eigenvalue weighted by Gasteiger charge is -2.40. The van der Waals surface area contributed by atoms with Crippen molar-refractivity contribution in [1.82, 2.24) is 5.32 Å². The minimum absolute atomic E-state index is 0.0275. The molecule has 0 amide bonds. The molecule has 1 aromatic rings. The highest BCUT2D eigenvalue weighted by Crippen LogP contribution is 2.52. The molecular weight excluding hydrogens is 254 g/mol. The fraction of sp³-hybridized carbons (Fsp3) is 0.625. The topological polar surface area (TPSA) is 39.7 Å². The third kappa shape index (κ3) is 2.03. The van der Waals surface area contributed by atoms with Gasteiger partial charge in [0.1, 0.15) is 5.60 Å². The summed E-state index contributed by atoms with van der Waals surface area (Å²) in [5, 5.41) is 3.42. The van der Waals surface area contributed by atoms with E-state index in [9.17, 15) is 0 Å². The first-order valence-corrected chi connectivity index (χ1v) is 7.34. The second-order valence-corrected chi connectivity index (χ2v) is 5.76. The van der Waals surface area contributed by atoms with Crippen molar-refractivity contribution in [2.45, 2.75) is 43.7 Å². The number of rotatable bonds is 3. The normalized spacial score (nSPS) is 23.2. The highest BCUT2D eigenvalue weighted by atomic mass is 16.5. The SMILES string of the molecule is CNC1CC2(CCCC2)Oc2c1ccc(OC)c2OC. The van der Waals surface area contributed by atoms with Gasteiger partial charge in [0.05, 0.1) is 14.2 Å². The van der Waals surface area contributed by atoms with Crippen molar-refractivity contribution in [3.63, 3.8) is 0 Å². The first-order valence-electron chi connectivity index (χ1n) is 7.34. The zero-order valence-electron chi connectivity index (χ0n) is 12.5. The number of fused-ring (bicyclic) bond motifs is 1. The van der Waals surface area contributed by atoms with Gasteiger partial charge >= 0.3 is 0 Å². The van der Waals surface area contributed by atoms with Crippen LogP contribution in [0.4, 0.5) is 0 Å². The van der Waals surface area contributed by atoms with Crippen molar-refractivity contribution in [3.05, 3.63) is 17.7 Å². The Morgan fingerprint density at radius 1 is 1.20 bits per heavy atom. The summed E-state index contributed by atoms with van der Waals surface area (Å²) in [7, 11) is 5.35. The molecule has 2 aliphatic rings. The largest absolute Gasteiger partial charge is 0.493 e. The Morgan fingerprint density at radius 3 is 2.55 bits per heavy atom. The van der Waals surface area contributed by atoms with Crippen molar-refractivity contribution >= 4 is 0 Å². The van der Waals surface area contributed by atoms with Gasteiger partial charge in [-0.3, -0.25) is 0 Å². The van der Waals surface area contributed by atoms with Crippen LogP contribution in [0.1, 0.15) is 43.7 Å². The maximum Gasteiger partial charge on any atom is 0.203 e. The Balaban J connectivity index is 2.09. The van der Waals surface area contributed by atoms with Crippen LogP contribution < -0.4 is 19.5 Å². The van der Waals surface area contributed by atoms with Crippen LogP contribution >= 0.6 is 0 Å². The van der Waals surface area contributed by atoms with E-state index < -0.39 is 0 Å². The minimum Gasteiger partial charge on any atom is -0.493 e. The summed E-state index contributed by atoms with van der Waals surface area (Å²) in [6.07, 6.45) is 5.79. The van der Waals surface area contributed by atoms with Crippen molar-refractivity contribution in [2.24, 2.45) is 0 Å². The fourth-order valence-electron chi connectivity index (χ4n) is 3.62. The van der Waals surface area contributed by atoms with Crippen LogP contribution in [0.2, 0.25) is 0 Å². The van der Waals surface area contributed by atoms with Crippen LogP contribution in [0, 0.1) is 0 Å². The monoisotopic (exact) mass is 277 g/mol. The van der Waals surface area contributed by atoms with Crippen LogP contribution in [-0.2, 0) is 0 Å². The molecule has 3 rings (SSSR count). The van der Waals surface area contributed by atoms with E-state index in [2.05, 4.69) is 11.4 Å². The molecule has 20 heavy (non-hydrogen) atoms. The summed E-state index contributed by atoms with van der Waals surface area (Å²) in [5.74, 6) is 2.31. The first kappa shape index (κ1) is 13.6. The number of nitrogens with one attached hydrogen (secondary N) is 1. The maximum absolute atomic E-state index is 6.43. The highest BCUT2D eigenvalue weighted by molar-refractivity contribution is 5.58.